The zero-order valence-corrected chi connectivity index (χ0v) is 18.0. The number of aromatic nitrogens is 1. The van der Waals surface area contributed by atoms with Crippen molar-refractivity contribution in [2.75, 3.05) is 11.5 Å². The first-order valence-electron chi connectivity index (χ1n) is 10.1. The Hall–Kier alpha value is -3.69. The van der Waals surface area contributed by atoms with E-state index < -0.39 is 0 Å². The molecular formula is C27H27N3. The van der Waals surface area contributed by atoms with Gasteiger partial charge in [0.25, 0.3) is 0 Å². The zero-order valence-electron chi connectivity index (χ0n) is 18.0. The first-order chi connectivity index (χ1) is 14.3. The van der Waals surface area contributed by atoms with E-state index in [4.69, 9.17) is 11.5 Å². The summed E-state index contributed by atoms with van der Waals surface area (Å²) in [6.07, 6.45) is 0. The van der Waals surface area contributed by atoms with Crippen LogP contribution in [0.2, 0.25) is 0 Å². The molecule has 0 unspecified atom stereocenters. The van der Waals surface area contributed by atoms with E-state index in [0.29, 0.717) is 34.6 Å². The largest absolute Gasteiger partial charge is 0.398 e. The number of anilines is 2. The predicted molar refractivity (Wildman–Crippen MR) is 126 cm³/mol. The van der Waals surface area contributed by atoms with Crippen molar-refractivity contribution in [1.82, 2.24) is 4.98 Å². The minimum absolute atomic E-state index is 0.421. The van der Waals surface area contributed by atoms with Gasteiger partial charge < -0.3 is 11.5 Å². The molecule has 3 nitrogen and oxygen atoms in total. The molecule has 2 aromatic carbocycles. The van der Waals surface area contributed by atoms with Gasteiger partial charge in [0, 0.05) is 22.5 Å². The van der Waals surface area contributed by atoms with Crippen LogP contribution in [0.15, 0.2) is 54.6 Å². The van der Waals surface area contributed by atoms with Gasteiger partial charge in [-0.2, -0.15) is 0 Å². The van der Waals surface area contributed by atoms with Gasteiger partial charge in [-0.25, -0.2) is 4.98 Å². The maximum Gasteiger partial charge on any atom is 0.115 e. The van der Waals surface area contributed by atoms with Crippen LogP contribution in [0.3, 0.4) is 0 Å². The highest BCUT2D eigenvalue weighted by atomic mass is 14.7. The lowest BCUT2D eigenvalue weighted by Gasteiger charge is -2.07. The minimum atomic E-state index is 0.421. The molecule has 0 spiro atoms. The average Bonchev–Trinajstić information content (AvgIpc) is 2.72. The van der Waals surface area contributed by atoms with E-state index in [1.54, 1.807) is 0 Å². The monoisotopic (exact) mass is 393 g/mol. The number of hydrogen-bond acceptors (Lipinski definition) is 3. The topological polar surface area (TPSA) is 64.9 Å². The molecule has 1 heterocycles. The molecule has 30 heavy (non-hydrogen) atoms. The van der Waals surface area contributed by atoms with Crippen LogP contribution < -0.4 is 11.5 Å². The second-order valence-corrected chi connectivity index (χ2v) is 7.91. The first-order valence-corrected chi connectivity index (χ1v) is 10.1. The lowest BCUT2D eigenvalue weighted by molar-refractivity contribution is 0.866. The average molecular weight is 394 g/mol. The fourth-order valence-corrected chi connectivity index (χ4v) is 2.92. The molecular weight excluding hydrogens is 366 g/mol. The third-order valence-corrected chi connectivity index (χ3v) is 4.89. The van der Waals surface area contributed by atoms with Crippen molar-refractivity contribution in [2.24, 2.45) is 0 Å². The number of benzene rings is 2. The molecule has 0 bridgehead atoms. The summed E-state index contributed by atoms with van der Waals surface area (Å²) in [5.41, 5.74) is 18.9. The van der Waals surface area contributed by atoms with Crippen LogP contribution in [0.1, 0.15) is 73.2 Å². The maximum atomic E-state index is 6.09. The quantitative estimate of drug-likeness (QED) is 0.459. The molecule has 0 amide bonds. The summed E-state index contributed by atoms with van der Waals surface area (Å²) in [7, 11) is 0. The normalized spacial score (nSPS) is 10.3. The molecule has 0 aliphatic heterocycles. The van der Waals surface area contributed by atoms with Gasteiger partial charge in [0.05, 0.1) is 0 Å². The molecule has 4 N–H and O–H groups in total. The number of pyridine rings is 1. The molecule has 3 heteroatoms. The van der Waals surface area contributed by atoms with Gasteiger partial charge in [-0.05, 0) is 71.2 Å². The highest BCUT2D eigenvalue weighted by Crippen LogP contribution is 2.21. The second kappa shape index (κ2) is 9.21. The predicted octanol–water partition coefficient (Wildman–Crippen LogP) is 5.29. The van der Waals surface area contributed by atoms with E-state index in [9.17, 15) is 0 Å². The highest BCUT2D eigenvalue weighted by Gasteiger charge is 2.04. The summed E-state index contributed by atoms with van der Waals surface area (Å²) in [5, 5.41) is 0. The van der Waals surface area contributed by atoms with Crippen LogP contribution in [-0.4, -0.2) is 4.98 Å². The first kappa shape index (κ1) is 21.0. The van der Waals surface area contributed by atoms with Gasteiger partial charge >= 0.3 is 0 Å². The SMILES string of the molecule is CC(C)c1ccc(N)c(C#Cc2cccc(C#Cc3cc(C(C)C)ccc3N)n2)c1. The molecule has 0 aliphatic rings. The highest BCUT2D eigenvalue weighted by molar-refractivity contribution is 5.60. The van der Waals surface area contributed by atoms with Crippen molar-refractivity contribution in [3.63, 3.8) is 0 Å². The Morgan fingerprint density at radius 1 is 0.633 bits per heavy atom. The fraction of sp³-hybridized carbons (Fsp3) is 0.222. The molecule has 0 saturated carbocycles. The third kappa shape index (κ3) is 5.22. The number of hydrogen-bond donors (Lipinski definition) is 2. The van der Waals surface area contributed by atoms with Crippen LogP contribution >= 0.6 is 0 Å². The Morgan fingerprint density at radius 3 is 1.47 bits per heavy atom. The molecule has 0 aliphatic carbocycles. The van der Waals surface area contributed by atoms with Crippen LogP contribution in [0.5, 0.6) is 0 Å². The zero-order chi connectivity index (χ0) is 21.7. The molecule has 150 valence electrons. The Bertz CT molecular complexity index is 1090. The van der Waals surface area contributed by atoms with Gasteiger partial charge in [-0.15, -0.1) is 0 Å². The van der Waals surface area contributed by atoms with Crippen LogP contribution in [0.4, 0.5) is 11.4 Å². The van der Waals surface area contributed by atoms with E-state index >= 15 is 0 Å². The summed E-state index contributed by atoms with van der Waals surface area (Å²) in [6, 6.07) is 17.6. The standard InChI is InChI=1S/C27H27N3/c1-18(2)20-10-14-26(28)22(16-20)8-12-24-6-5-7-25(30-24)13-9-23-17-21(19(3)4)11-15-27(23)29/h5-7,10-11,14-19H,28-29H2,1-4H3. The Kier molecular flexibility index (Phi) is 6.45. The Morgan fingerprint density at radius 2 is 1.07 bits per heavy atom. The minimum Gasteiger partial charge on any atom is -0.398 e. The van der Waals surface area contributed by atoms with E-state index in [0.717, 1.165) is 11.1 Å². The summed E-state index contributed by atoms with van der Waals surface area (Å²) in [5.74, 6) is 13.4. The molecule has 3 rings (SSSR count). The Balaban J connectivity index is 1.88. The molecule has 0 fully saturated rings. The lowest BCUT2D eigenvalue weighted by Crippen LogP contribution is -1.95. The van der Waals surface area contributed by atoms with Crippen LogP contribution in [0.25, 0.3) is 0 Å². The number of nitrogen functional groups attached to an aromatic ring is 2. The van der Waals surface area contributed by atoms with Crippen molar-refractivity contribution < 1.29 is 0 Å². The number of nitrogens with two attached hydrogens (primary N) is 2. The van der Waals surface area contributed by atoms with E-state index in [-0.39, 0.29) is 0 Å². The van der Waals surface area contributed by atoms with Crippen molar-refractivity contribution in [3.8, 4) is 23.7 Å². The van der Waals surface area contributed by atoms with E-state index in [2.05, 4.69) is 56.4 Å². The summed E-state index contributed by atoms with van der Waals surface area (Å²) >= 11 is 0. The summed E-state index contributed by atoms with van der Waals surface area (Å²) in [4.78, 5) is 4.55. The smallest absolute Gasteiger partial charge is 0.115 e. The van der Waals surface area contributed by atoms with Gasteiger partial charge in [-0.1, -0.05) is 57.7 Å². The third-order valence-electron chi connectivity index (χ3n) is 4.89. The molecule has 0 atom stereocenters. The van der Waals surface area contributed by atoms with E-state index in [1.807, 2.05) is 54.6 Å². The molecule has 1 aromatic heterocycles. The number of nitrogens with zero attached hydrogens (tertiary/aromatic N) is 1. The van der Waals surface area contributed by atoms with Crippen molar-refractivity contribution in [2.45, 2.75) is 39.5 Å². The summed E-state index contributed by atoms with van der Waals surface area (Å²) < 4.78 is 0. The maximum absolute atomic E-state index is 6.09. The van der Waals surface area contributed by atoms with Crippen LogP contribution in [-0.2, 0) is 0 Å². The van der Waals surface area contributed by atoms with Crippen molar-refractivity contribution in [3.05, 3.63) is 88.2 Å². The second-order valence-electron chi connectivity index (χ2n) is 7.91. The molecule has 0 radical (unpaired) electrons. The fourth-order valence-electron chi connectivity index (χ4n) is 2.92. The van der Waals surface area contributed by atoms with Crippen molar-refractivity contribution in [1.29, 1.82) is 0 Å². The molecule has 3 aromatic rings. The summed E-state index contributed by atoms with van der Waals surface area (Å²) in [6.45, 7) is 8.60. The van der Waals surface area contributed by atoms with Gasteiger partial charge in [0.1, 0.15) is 11.4 Å². The van der Waals surface area contributed by atoms with Gasteiger partial charge in [0.15, 0.2) is 0 Å². The lowest BCUT2D eigenvalue weighted by atomic mass is 10.00. The Labute approximate surface area is 179 Å². The van der Waals surface area contributed by atoms with Gasteiger partial charge in [-0.3, -0.25) is 0 Å². The molecule has 0 saturated heterocycles. The number of rotatable bonds is 2. The van der Waals surface area contributed by atoms with Crippen LogP contribution in [0, 0.1) is 23.7 Å². The van der Waals surface area contributed by atoms with E-state index in [1.165, 1.54) is 11.1 Å². The van der Waals surface area contributed by atoms with Gasteiger partial charge in [0.2, 0.25) is 0 Å². The van der Waals surface area contributed by atoms with Crippen molar-refractivity contribution >= 4 is 11.4 Å².